The number of hydrogen-bond donors (Lipinski definition) is 1. The number of carbonyl (C=O) groups is 1. The zero-order chi connectivity index (χ0) is 17.7. The quantitative estimate of drug-likeness (QED) is 0.800. The van der Waals surface area contributed by atoms with E-state index in [0.717, 1.165) is 5.56 Å². The lowest BCUT2D eigenvalue weighted by molar-refractivity contribution is -0.128. The third-order valence-corrected chi connectivity index (χ3v) is 4.27. The van der Waals surface area contributed by atoms with Crippen LogP contribution in [-0.4, -0.2) is 12.0 Å². The molecule has 0 aliphatic rings. The average molecular weight is 346 g/mol. The second-order valence-corrected chi connectivity index (χ2v) is 6.50. The summed E-state index contributed by atoms with van der Waals surface area (Å²) in [6.07, 6.45) is 0.0623. The van der Waals surface area contributed by atoms with Gasteiger partial charge in [-0.05, 0) is 62.6 Å². The molecule has 0 heterocycles. The summed E-state index contributed by atoms with van der Waals surface area (Å²) in [7, 11) is 0. The van der Waals surface area contributed by atoms with E-state index in [-0.39, 0.29) is 11.9 Å². The van der Waals surface area contributed by atoms with Gasteiger partial charge in [-0.3, -0.25) is 4.79 Å². The molecule has 0 saturated heterocycles. The fourth-order valence-corrected chi connectivity index (χ4v) is 2.74. The van der Waals surface area contributed by atoms with E-state index in [1.807, 2.05) is 13.8 Å². The summed E-state index contributed by atoms with van der Waals surface area (Å²) >= 11 is 5.87. The molecule has 0 unspecified atom stereocenters. The van der Waals surface area contributed by atoms with E-state index in [4.69, 9.17) is 16.3 Å². The molecule has 0 saturated carbocycles. The van der Waals surface area contributed by atoms with Crippen LogP contribution in [0.5, 0.6) is 5.75 Å². The van der Waals surface area contributed by atoms with E-state index < -0.39 is 6.10 Å². The predicted octanol–water partition coefficient (Wildman–Crippen LogP) is 4.99. The van der Waals surface area contributed by atoms with Crippen LogP contribution in [-0.2, 0) is 4.79 Å². The Morgan fingerprint density at radius 1 is 1.17 bits per heavy atom. The molecule has 0 aromatic heterocycles. The molecule has 128 valence electrons. The van der Waals surface area contributed by atoms with E-state index in [2.05, 4.69) is 37.4 Å². The summed E-state index contributed by atoms with van der Waals surface area (Å²) in [5.41, 5.74) is 3.48. The molecule has 0 spiro atoms. The van der Waals surface area contributed by atoms with Gasteiger partial charge in [0, 0.05) is 5.02 Å². The Morgan fingerprint density at radius 2 is 1.83 bits per heavy atom. The van der Waals surface area contributed by atoms with Crippen LogP contribution in [0, 0.1) is 13.8 Å². The van der Waals surface area contributed by atoms with Crippen LogP contribution < -0.4 is 10.1 Å². The van der Waals surface area contributed by atoms with Crippen molar-refractivity contribution in [3.8, 4) is 5.75 Å². The Balaban J connectivity index is 2.05. The van der Waals surface area contributed by atoms with Crippen LogP contribution in [0.3, 0.4) is 0 Å². The van der Waals surface area contributed by atoms with Gasteiger partial charge in [0.25, 0.3) is 5.91 Å². The highest BCUT2D eigenvalue weighted by atomic mass is 35.5. The first-order valence-corrected chi connectivity index (χ1v) is 8.58. The highest BCUT2D eigenvalue weighted by molar-refractivity contribution is 6.30. The molecule has 24 heavy (non-hydrogen) atoms. The molecule has 4 heteroatoms. The Morgan fingerprint density at radius 3 is 2.46 bits per heavy atom. The van der Waals surface area contributed by atoms with E-state index >= 15 is 0 Å². The Kier molecular flexibility index (Phi) is 6.27. The van der Waals surface area contributed by atoms with Crippen molar-refractivity contribution in [2.45, 2.75) is 46.3 Å². The summed E-state index contributed by atoms with van der Waals surface area (Å²) in [5.74, 6) is 0.529. The van der Waals surface area contributed by atoms with E-state index in [1.54, 1.807) is 24.3 Å². The van der Waals surface area contributed by atoms with E-state index in [1.165, 1.54) is 11.1 Å². The van der Waals surface area contributed by atoms with Crippen molar-refractivity contribution in [1.29, 1.82) is 0 Å². The highest BCUT2D eigenvalue weighted by Crippen LogP contribution is 2.21. The van der Waals surface area contributed by atoms with Gasteiger partial charge in [-0.25, -0.2) is 0 Å². The monoisotopic (exact) mass is 345 g/mol. The van der Waals surface area contributed by atoms with Gasteiger partial charge in [0.05, 0.1) is 6.04 Å². The normalized spacial score (nSPS) is 13.2. The fourth-order valence-electron chi connectivity index (χ4n) is 2.61. The molecule has 0 bridgehead atoms. The summed E-state index contributed by atoms with van der Waals surface area (Å²) in [4.78, 5) is 12.6. The number of benzene rings is 2. The summed E-state index contributed by atoms with van der Waals surface area (Å²) in [5, 5.41) is 3.70. The second kappa shape index (κ2) is 8.20. The van der Waals surface area contributed by atoms with Crippen molar-refractivity contribution < 1.29 is 9.53 Å². The lowest BCUT2D eigenvalue weighted by Gasteiger charge is -2.22. The lowest BCUT2D eigenvalue weighted by atomic mass is 10.00. The van der Waals surface area contributed by atoms with Gasteiger partial charge in [-0.1, -0.05) is 42.3 Å². The molecule has 0 aliphatic carbocycles. The van der Waals surface area contributed by atoms with Crippen LogP contribution in [0.2, 0.25) is 5.02 Å². The third kappa shape index (κ3) is 4.75. The maximum Gasteiger partial charge on any atom is 0.261 e. The summed E-state index contributed by atoms with van der Waals surface area (Å²) < 4.78 is 5.80. The van der Waals surface area contributed by atoms with Crippen molar-refractivity contribution in [3.63, 3.8) is 0 Å². The molecule has 2 rings (SSSR count). The van der Waals surface area contributed by atoms with Crippen LogP contribution in [0.1, 0.15) is 43.0 Å². The van der Waals surface area contributed by atoms with Crippen molar-refractivity contribution >= 4 is 17.5 Å². The number of amides is 1. The van der Waals surface area contributed by atoms with Crippen LogP contribution in [0.4, 0.5) is 0 Å². The standard InChI is InChI=1S/C20H24ClNO2/c1-5-19(24-17-10-8-16(21)9-11-17)20(23)22-15(4)18-12-13(2)6-7-14(18)3/h6-12,15,19H,5H2,1-4H3,(H,22,23)/t15-,19-/m1/s1. The molecule has 1 N–H and O–H groups in total. The van der Waals surface area contributed by atoms with E-state index in [9.17, 15) is 4.79 Å². The van der Waals surface area contributed by atoms with Gasteiger partial charge in [0.15, 0.2) is 6.10 Å². The number of halogens is 1. The number of hydrogen-bond acceptors (Lipinski definition) is 2. The molecular formula is C20H24ClNO2. The first-order chi connectivity index (χ1) is 11.4. The van der Waals surface area contributed by atoms with Crippen molar-refractivity contribution in [3.05, 3.63) is 64.2 Å². The number of rotatable bonds is 6. The Hall–Kier alpha value is -2.00. The lowest BCUT2D eigenvalue weighted by Crippen LogP contribution is -2.39. The Labute approximate surface area is 149 Å². The summed E-state index contributed by atoms with van der Waals surface area (Å²) in [6, 6.07) is 13.2. The molecule has 0 radical (unpaired) electrons. The van der Waals surface area contributed by atoms with Gasteiger partial charge in [0.2, 0.25) is 0 Å². The first kappa shape index (κ1) is 18.3. The van der Waals surface area contributed by atoms with Gasteiger partial charge >= 0.3 is 0 Å². The average Bonchev–Trinajstić information content (AvgIpc) is 2.56. The molecule has 1 amide bonds. The Bertz CT molecular complexity index is 697. The zero-order valence-electron chi connectivity index (χ0n) is 14.6. The first-order valence-electron chi connectivity index (χ1n) is 8.20. The summed E-state index contributed by atoms with van der Waals surface area (Å²) in [6.45, 7) is 8.03. The van der Waals surface area contributed by atoms with Crippen molar-refractivity contribution in [2.75, 3.05) is 0 Å². The van der Waals surface area contributed by atoms with Crippen molar-refractivity contribution in [2.24, 2.45) is 0 Å². The number of carbonyl (C=O) groups excluding carboxylic acids is 1. The number of aryl methyl sites for hydroxylation is 2. The maximum absolute atomic E-state index is 12.6. The zero-order valence-corrected chi connectivity index (χ0v) is 15.4. The van der Waals surface area contributed by atoms with Crippen LogP contribution in [0.25, 0.3) is 0 Å². The van der Waals surface area contributed by atoms with Crippen LogP contribution in [0.15, 0.2) is 42.5 Å². The third-order valence-electron chi connectivity index (χ3n) is 4.02. The molecule has 2 aromatic carbocycles. The second-order valence-electron chi connectivity index (χ2n) is 6.06. The predicted molar refractivity (Wildman–Crippen MR) is 98.6 cm³/mol. The van der Waals surface area contributed by atoms with Crippen molar-refractivity contribution in [1.82, 2.24) is 5.32 Å². The molecule has 2 atom stereocenters. The largest absolute Gasteiger partial charge is 0.481 e. The minimum absolute atomic E-state index is 0.0692. The maximum atomic E-state index is 12.6. The van der Waals surface area contributed by atoms with Gasteiger partial charge in [0.1, 0.15) is 5.75 Å². The smallest absolute Gasteiger partial charge is 0.261 e. The fraction of sp³-hybridized carbons (Fsp3) is 0.350. The van der Waals surface area contributed by atoms with Gasteiger partial charge < -0.3 is 10.1 Å². The van der Waals surface area contributed by atoms with Gasteiger partial charge in [-0.15, -0.1) is 0 Å². The van der Waals surface area contributed by atoms with Gasteiger partial charge in [-0.2, -0.15) is 0 Å². The highest BCUT2D eigenvalue weighted by Gasteiger charge is 2.21. The molecular weight excluding hydrogens is 322 g/mol. The molecule has 2 aromatic rings. The molecule has 3 nitrogen and oxygen atoms in total. The number of ether oxygens (including phenoxy) is 1. The molecule has 0 aliphatic heterocycles. The molecule has 0 fully saturated rings. The minimum Gasteiger partial charge on any atom is -0.481 e. The topological polar surface area (TPSA) is 38.3 Å². The number of nitrogens with one attached hydrogen (secondary N) is 1. The van der Waals surface area contributed by atoms with E-state index in [0.29, 0.717) is 17.2 Å². The SMILES string of the molecule is CC[C@@H](Oc1ccc(Cl)cc1)C(=O)N[C@H](C)c1cc(C)ccc1C. The van der Waals surface area contributed by atoms with Crippen LogP contribution >= 0.6 is 11.6 Å². The minimum atomic E-state index is -0.529.